The second-order valence-electron chi connectivity index (χ2n) is 5.92. The highest BCUT2D eigenvalue weighted by Gasteiger charge is 2.29. The van der Waals surface area contributed by atoms with Crippen molar-refractivity contribution >= 4 is 11.3 Å². The summed E-state index contributed by atoms with van der Waals surface area (Å²) in [5, 5.41) is 8.16. The number of hydrogen-bond donors (Lipinski definition) is 1. The van der Waals surface area contributed by atoms with E-state index in [1.807, 2.05) is 11.3 Å². The molecule has 1 aliphatic heterocycles. The molecule has 1 N–H and O–H groups in total. The first-order valence-electron chi connectivity index (χ1n) is 7.32. The molecule has 1 saturated heterocycles. The Morgan fingerprint density at radius 3 is 2.89 bits per heavy atom. The van der Waals surface area contributed by atoms with Gasteiger partial charge in [0.15, 0.2) is 0 Å². The topological polar surface area (TPSA) is 15.3 Å². The molecule has 2 atom stereocenters. The van der Waals surface area contributed by atoms with Crippen LogP contribution in [-0.2, 0) is 0 Å². The zero-order valence-corrected chi connectivity index (χ0v) is 12.1. The second kappa shape index (κ2) is 5.72. The summed E-state index contributed by atoms with van der Waals surface area (Å²) in [6.07, 6.45) is 5.61. The normalized spacial score (nSPS) is 25.8. The molecule has 2 fully saturated rings. The lowest BCUT2D eigenvalue weighted by molar-refractivity contribution is 0.184. The van der Waals surface area contributed by atoms with Gasteiger partial charge in [-0.1, -0.05) is 0 Å². The minimum Gasteiger partial charge on any atom is -0.313 e. The molecule has 2 aliphatic rings. The Balaban J connectivity index is 1.63. The second-order valence-corrected chi connectivity index (χ2v) is 6.70. The van der Waals surface area contributed by atoms with Gasteiger partial charge in [0.2, 0.25) is 0 Å². The van der Waals surface area contributed by atoms with Crippen LogP contribution < -0.4 is 5.32 Å². The highest BCUT2D eigenvalue weighted by molar-refractivity contribution is 7.07. The summed E-state index contributed by atoms with van der Waals surface area (Å²) >= 11 is 1.82. The van der Waals surface area contributed by atoms with Crippen LogP contribution in [0.25, 0.3) is 0 Å². The SMILES string of the molecule is CC(c1ccsc1)N(CC1CC1)CC1CCCN1. The van der Waals surface area contributed by atoms with Gasteiger partial charge in [0.1, 0.15) is 0 Å². The predicted octanol–water partition coefficient (Wildman–Crippen LogP) is 3.27. The zero-order chi connectivity index (χ0) is 12.4. The molecule has 2 unspecified atom stereocenters. The maximum absolute atomic E-state index is 3.64. The lowest BCUT2D eigenvalue weighted by Crippen LogP contribution is -2.39. The fourth-order valence-electron chi connectivity index (χ4n) is 2.94. The molecule has 0 spiro atoms. The summed E-state index contributed by atoms with van der Waals surface area (Å²) in [6, 6.07) is 3.60. The summed E-state index contributed by atoms with van der Waals surface area (Å²) in [4.78, 5) is 2.71. The van der Waals surface area contributed by atoms with Crippen molar-refractivity contribution in [3.8, 4) is 0 Å². The smallest absolute Gasteiger partial charge is 0.0328 e. The Morgan fingerprint density at radius 1 is 1.39 bits per heavy atom. The standard InChI is InChI=1S/C15H24N2S/c1-12(14-6-8-18-11-14)17(9-13-4-5-13)10-15-3-2-7-16-15/h6,8,11-13,15-16H,2-5,7,9-10H2,1H3. The summed E-state index contributed by atoms with van der Waals surface area (Å²) < 4.78 is 0. The van der Waals surface area contributed by atoms with Crippen molar-refractivity contribution in [1.29, 1.82) is 0 Å². The van der Waals surface area contributed by atoms with Gasteiger partial charge in [0.05, 0.1) is 0 Å². The van der Waals surface area contributed by atoms with Crippen LogP contribution in [0.4, 0.5) is 0 Å². The van der Waals surface area contributed by atoms with Crippen LogP contribution in [0.1, 0.15) is 44.2 Å². The summed E-state index contributed by atoms with van der Waals surface area (Å²) in [6.45, 7) is 6.12. The first-order valence-corrected chi connectivity index (χ1v) is 8.27. The average molecular weight is 264 g/mol. The van der Waals surface area contributed by atoms with Crippen molar-refractivity contribution in [2.24, 2.45) is 5.92 Å². The summed E-state index contributed by atoms with van der Waals surface area (Å²) in [5.74, 6) is 0.979. The lowest BCUT2D eigenvalue weighted by atomic mass is 10.1. The van der Waals surface area contributed by atoms with Crippen LogP contribution >= 0.6 is 11.3 Å². The van der Waals surface area contributed by atoms with Crippen LogP contribution in [0.15, 0.2) is 16.8 Å². The highest BCUT2D eigenvalue weighted by atomic mass is 32.1. The number of rotatable bonds is 6. The predicted molar refractivity (Wildman–Crippen MR) is 78.1 cm³/mol. The van der Waals surface area contributed by atoms with Crippen LogP contribution in [0.3, 0.4) is 0 Å². The van der Waals surface area contributed by atoms with Gasteiger partial charge in [-0.25, -0.2) is 0 Å². The third-order valence-electron chi connectivity index (χ3n) is 4.38. The molecule has 1 aliphatic carbocycles. The van der Waals surface area contributed by atoms with Crippen molar-refractivity contribution in [3.63, 3.8) is 0 Å². The molecule has 2 heterocycles. The van der Waals surface area contributed by atoms with E-state index in [-0.39, 0.29) is 0 Å². The van der Waals surface area contributed by atoms with Gasteiger partial charge in [-0.05, 0) is 67.5 Å². The highest BCUT2D eigenvalue weighted by Crippen LogP contribution is 2.33. The minimum absolute atomic E-state index is 0.583. The Labute approximate surface area is 114 Å². The molecule has 0 radical (unpaired) electrons. The van der Waals surface area contributed by atoms with Gasteiger partial charge >= 0.3 is 0 Å². The Morgan fingerprint density at radius 2 is 2.28 bits per heavy atom. The van der Waals surface area contributed by atoms with E-state index in [2.05, 4.69) is 34.0 Å². The zero-order valence-electron chi connectivity index (χ0n) is 11.3. The molecule has 1 saturated carbocycles. The van der Waals surface area contributed by atoms with E-state index >= 15 is 0 Å². The van der Waals surface area contributed by atoms with Gasteiger partial charge in [0.25, 0.3) is 0 Å². The van der Waals surface area contributed by atoms with E-state index < -0.39 is 0 Å². The van der Waals surface area contributed by atoms with E-state index in [1.54, 1.807) is 0 Å². The molecule has 2 nitrogen and oxygen atoms in total. The lowest BCUT2D eigenvalue weighted by Gasteiger charge is -2.31. The molecule has 3 rings (SSSR count). The fraction of sp³-hybridized carbons (Fsp3) is 0.733. The molecule has 100 valence electrons. The van der Waals surface area contributed by atoms with Gasteiger partial charge in [-0.15, -0.1) is 0 Å². The maximum Gasteiger partial charge on any atom is 0.0328 e. The average Bonchev–Trinajstić information content (AvgIpc) is 2.88. The maximum atomic E-state index is 3.64. The van der Waals surface area contributed by atoms with E-state index in [0.717, 1.165) is 12.0 Å². The number of hydrogen-bond acceptors (Lipinski definition) is 3. The number of nitrogens with zero attached hydrogens (tertiary/aromatic N) is 1. The van der Waals surface area contributed by atoms with Crippen molar-refractivity contribution in [1.82, 2.24) is 10.2 Å². The molecular formula is C15H24N2S. The van der Waals surface area contributed by atoms with Gasteiger partial charge in [-0.3, -0.25) is 4.90 Å². The minimum atomic E-state index is 0.583. The molecular weight excluding hydrogens is 240 g/mol. The fourth-order valence-corrected chi connectivity index (χ4v) is 3.69. The molecule has 1 aromatic rings. The Hall–Kier alpha value is -0.380. The third-order valence-corrected chi connectivity index (χ3v) is 5.08. The number of thiophene rings is 1. The molecule has 3 heteroatoms. The largest absolute Gasteiger partial charge is 0.313 e. The number of nitrogens with one attached hydrogen (secondary N) is 1. The molecule has 0 bridgehead atoms. The quantitative estimate of drug-likeness (QED) is 0.848. The molecule has 0 amide bonds. The Bertz CT molecular complexity index is 353. The van der Waals surface area contributed by atoms with Crippen molar-refractivity contribution < 1.29 is 0 Å². The van der Waals surface area contributed by atoms with E-state index in [4.69, 9.17) is 0 Å². The third kappa shape index (κ3) is 3.14. The summed E-state index contributed by atoms with van der Waals surface area (Å²) in [5.41, 5.74) is 1.50. The van der Waals surface area contributed by atoms with E-state index in [0.29, 0.717) is 6.04 Å². The monoisotopic (exact) mass is 264 g/mol. The van der Waals surface area contributed by atoms with Gasteiger partial charge < -0.3 is 5.32 Å². The Kier molecular flexibility index (Phi) is 4.02. The molecule has 1 aromatic heterocycles. The van der Waals surface area contributed by atoms with Crippen LogP contribution in [0, 0.1) is 5.92 Å². The first kappa shape index (κ1) is 12.6. The van der Waals surface area contributed by atoms with Gasteiger partial charge in [0, 0.05) is 25.2 Å². The van der Waals surface area contributed by atoms with E-state index in [1.165, 1.54) is 50.9 Å². The van der Waals surface area contributed by atoms with Crippen molar-refractivity contribution in [3.05, 3.63) is 22.4 Å². The van der Waals surface area contributed by atoms with Crippen LogP contribution in [0.2, 0.25) is 0 Å². The first-order chi connectivity index (χ1) is 8.83. The van der Waals surface area contributed by atoms with Crippen LogP contribution in [-0.4, -0.2) is 30.6 Å². The summed E-state index contributed by atoms with van der Waals surface area (Å²) in [7, 11) is 0. The molecule has 18 heavy (non-hydrogen) atoms. The molecule has 0 aromatic carbocycles. The van der Waals surface area contributed by atoms with Crippen molar-refractivity contribution in [2.75, 3.05) is 19.6 Å². The van der Waals surface area contributed by atoms with Crippen LogP contribution in [0.5, 0.6) is 0 Å². The van der Waals surface area contributed by atoms with E-state index in [9.17, 15) is 0 Å². The van der Waals surface area contributed by atoms with Crippen molar-refractivity contribution in [2.45, 2.75) is 44.7 Å². The van der Waals surface area contributed by atoms with Gasteiger partial charge in [-0.2, -0.15) is 11.3 Å².